The van der Waals surface area contributed by atoms with Crippen molar-refractivity contribution in [3.05, 3.63) is 164 Å². The molecule has 0 amide bonds. The predicted molar refractivity (Wildman–Crippen MR) is 200 cm³/mol. The lowest BCUT2D eigenvalue weighted by atomic mass is 10.0. The zero-order valence-electron chi connectivity index (χ0n) is 25.9. The number of fused-ring (bicyclic) bond motifs is 9. The van der Waals surface area contributed by atoms with E-state index in [4.69, 9.17) is 4.98 Å². The smallest absolute Gasteiger partial charge is 0.0786 e. The summed E-state index contributed by atoms with van der Waals surface area (Å²) in [5, 5.41) is 7.56. The van der Waals surface area contributed by atoms with Crippen molar-refractivity contribution in [2.75, 3.05) is 0 Å². The van der Waals surface area contributed by atoms with E-state index in [1.807, 2.05) is 12.3 Å². The fourth-order valence-electron chi connectivity index (χ4n) is 8.27. The van der Waals surface area contributed by atoms with Crippen LogP contribution in [0.5, 0.6) is 0 Å². The molecule has 0 bridgehead atoms. The first kappa shape index (κ1) is 25.7. The van der Waals surface area contributed by atoms with Crippen LogP contribution in [0.1, 0.15) is 0 Å². The lowest BCUT2D eigenvalue weighted by molar-refractivity contribution is 1.18. The van der Waals surface area contributed by atoms with E-state index in [0.717, 1.165) is 5.69 Å². The van der Waals surface area contributed by atoms with Crippen molar-refractivity contribution in [3.63, 3.8) is 0 Å². The second-order valence-electron chi connectivity index (χ2n) is 12.8. The first-order valence-electron chi connectivity index (χ1n) is 16.5. The van der Waals surface area contributed by atoms with E-state index >= 15 is 0 Å². The molecule has 0 unspecified atom stereocenters. The number of nitrogens with zero attached hydrogens (tertiary/aromatic N) is 3. The standard InChI is InChI=1S/C45H27N3/c1-2-10-30(11-3-1)47-39-17-6-4-12-31(39)37-26-28(19-22-42(37)47)29-20-23-43-38(27-29)32-13-5-7-18-40(32)48(43)41-24-21-33-34-16-9-25-46-45(34)36-15-8-14-35(41)44(33)36/h1-27H. The van der Waals surface area contributed by atoms with Crippen LogP contribution >= 0.6 is 0 Å². The Kier molecular flexibility index (Phi) is 5.11. The van der Waals surface area contributed by atoms with Crippen LogP contribution in [-0.2, 0) is 0 Å². The van der Waals surface area contributed by atoms with Gasteiger partial charge in [-0.3, -0.25) is 4.98 Å². The minimum atomic E-state index is 1.07. The maximum atomic E-state index is 4.77. The molecule has 0 N–H and O–H groups in total. The molecule has 3 aromatic heterocycles. The van der Waals surface area contributed by atoms with Gasteiger partial charge < -0.3 is 9.13 Å². The molecule has 0 saturated carbocycles. The molecule has 3 heterocycles. The summed E-state index contributed by atoms with van der Waals surface area (Å²) >= 11 is 0. The highest BCUT2D eigenvalue weighted by Crippen LogP contribution is 2.48. The van der Waals surface area contributed by atoms with Crippen molar-refractivity contribution < 1.29 is 0 Å². The Hall–Kier alpha value is -6.45. The molecule has 11 rings (SSSR count). The number of hydrogen-bond donors (Lipinski definition) is 0. The molecule has 10 aromatic rings. The summed E-state index contributed by atoms with van der Waals surface area (Å²) in [7, 11) is 0. The van der Waals surface area contributed by atoms with Crippen LogP contribution in [0.25, 0.3) is 99.3 Å². The molecule has 0 radical (unpaired) electrons. The minimum Gasteiger partial charge on any atom is -0.309 e. The number of para-hydroxylation sites is 3. The first-order chi connectivity index (χ1) is 23.8. The van der Waals surface area contributed by atoms with E-state index in [1.165, 1.54) is 93.6 Å². The van der Waals surface area contributed by atoms with Crippen molar-refractivity contribution in [2.24, 2.45) is 0 Å². The van der Waals surface area contributed by atoms with Crippen LogP contribution in [0.3, 0.4) is 0 Å². The molecule has 1 aliphatic rings. The van der Waals surface area contributed by atoms with E-state index in [9.17, 15) is 0 Å². The minimum absolute atomic E-state index is 1.07. The molecule has 7 aromatic carbocycles. The average molecular weight is 610 g/mol. The van der Waals surface area contributed by atoms with Gasteiger partial charge in [-0.05, 0) is 77.4 Å². The van der Waals surface area contributed by atoms with Crippen LogP contribution in [0.2, 0.25) is 0 Å². The maximum absolute atomic E-state index is 4.77. The second-order valence-corrected chi connectivity index (χ2v) is 12.8. The lowest BCUT2D eigenvalue weighted by Gasteiger charge is -2.13. The topological polar surface area (TPSA) is 22.8 Å². The summed E-state index contributed by atoms with van der Waals surface area (Å²) in [6.07, 6.45) is 1.90. The van der Waals surface area contributed by atoms with Gasteiger partial charge in [-0.2, -0.15) is 0 Å². The van der Waals surface area contributed by atoms with Gasteiger partial charge in [-0.25, -0.2) is 0 Å². The van der Waals surface area contributed by atoms with Gasteiger partial charge in [0.05, 0.1) is 33.4 Å². The van der Waals surface area contributed by atoms with Gasteiger partial charge in [-0.15, -0.1) is 0 Å². The van der Waals surface area contributed by atoms with Crippen LogP contribution in [0.4, 0.5) is 0 Å². The third kappa shape index (κ3) is 3.40. The third-order valence-electron chi connectivity index (χ3n) is 10.3. The van der Waals surface area contributed by atoms with Crippen molar-refractivity contribution >= 4 is 54.4 Å². The molecule has 0 saturated heterocycles. The summed E-state index contributed by atoms with van der Waals surface area (Å²) in [4.78, 5) is 4.77. The largest absolute Gasteiger partial charge is 0.309 e. The van der Waals surface area contributed by atoms with Crippen LogP contribution in [-0.4, -0.2) is 14.1 Å². The van der Waals surface area contributed by atoms with E-state index in [-0.39, 0.29) is 0 Å². The fraction of sp³-hybridized carbons (Fsp3) is 0. The Morgan fingerprint density at radius 1 is 0.375 bits per heavy atom. The van der Waals surface area contributed by atoms with Gasteiger partial charge in [0.1, 0.15) is 0 Å². The molecule has 3 nitrogen and oxygen atoms in total. The summed E-state index contributed by atoms with van der Waals surface area (Å²) in [6, 6.07) is 57.5. The summed E-state index contributed by atoms with van der Waals surface area (Å²) in [5.74, 6) is 0. The Balaban J connectivity index is 1.13. The second kappa shape index (κ2) is 9.54. The van der Waals surface area contributed by atoms with Crippen molar-refractivity contribution in [2.45, 2.75) is 0 Å². The normalized spacial score (nSPS) is 12.2. The van der Waals surface area contributed by atoms with Gasteiger partial charge in [0.2, 0.25) is 0 Å². The number of rotatable bonds is 3. The fourth-order valence-corrected chi connectivity index (χ4v) is 8.27. The van der Waals surface area contributed by atoms with E-state index in [1.54, 1.807) is 0 Å². The SMILES string of the molecule is c1ccc(-n2c3ccccc3c3cc(-c4ccc5c(c4)c4ccccc4n5-c4ccc5c6c(cccc46)-c4ncccc4-5)ccc32)cc1. The quantitative estimate of drug-likeness (QED) is 0.195. The van der Waals surface area contributed by atoms with Crippen molar-refractivity contribution in [1.29, 1.82) is 0 Å². The van der Waals surface area contributed by atoms with Gasteiger partial charge >= 0.3 is 0 Å². The monoisotopic (exact) mass is 609 g/mol. The average Bonchev–Trinajstić information content (AvgIpc) is 3.78. The highest BCUT2D eigenvalue weighted by molar-refractivity contribution is 6.18. The van der Waals surface area contributed by atoms with Crippen LogP contribution in [0, 0.1) is 0 Å². The molecule has 48 heavy (non-hydrogen) atoms. The third-order valence-corrected chi connectivity index (χ3v) is 10.3. The Bertz CT molecular complexity index is 2910. The maximum Gasteiger partial charge on any atom is 0.0786 e. The highest BCUT2D eigenvalue weighted by Gasteiger charge is 2.24. The summed E-state index contributed by atoms with van der Waals surface area (Å²) in [5.41, 5.74) is 14.4. The van der Waals surface area contributed by atoms with Gasteiger partial charge in [-0.1, -0.05) is 97.1 Å². The van der Waals surface area contributed by atoms with Gasteiger partial charge in [0.15, 0.2) is 0 Å². The zero-order valence-corrected chi connectivity index (χ0v) is 25.9. The van der Waals surface area contributed by atoms with E-state index < -0.39 is 0 Å². The van der Waals surface area contributed by atoms with E-state index in [2.05, 4.69) is 161 Å². The Morgan fingerprint density at radius 2 is 0.979 bits per heavy atom. The highest BCUT2D eigenvalue weighted by atomic mass is 15.0. The van der Waals surface area contributed by atoms with E-state index in [0.29, 0.717) is 0 Å². The van der Waals surface area contributed by atoms with Gasteiger partial charge in [0, 0.05) is 55.3 Å². The van der Waals surface area contributed by atoms with Crippen LogP contribution in [0.15, 0.2) is 164 Å². The Morgan fingerprint density at radius 3 is 1.73 bits per heavy atom. The molecule has 1 aliphatic carbocycles. The van der Waals surface area contributed by atoms with Gasteiger partial charge in [0.25, 0.3) is 0 Å². The number of benzene rings is 7. The zero-order chi connectivity index (χ0) is 31.3. The van der Waals surface area contributed by atoms with Crippen molar-refractivity contribution in [3.8, 4) is 44.9 Å². The molecule has 0 atom stereocenters. The summed E-state index contributed by atoms with van der Waals surface area (Å²) < 4.78 is 4.82. The predicted octanol–water partition coefficient (Wildman–Crippen LogP) is 11.7. The molecule has 0 aliphatic heterocycles. The number of hydrogen-bond acceptors (Lipinski definition) is 1. The summed E-state index contributed by atoms with van der Waals surface area (Å²) in [6.45, 7) is 0. The molecular formula is C45H27N3. The molecule has 3 heteroatoms. The molecular weight excluding hydrogens is 583 g/mol. The lowest BCUT2D eigenvalue weighted by Crippen LogP contribution is -1.95. The van der Waals surface area contributed by atoms with Crippen LogP contribution < -0.4 is 0 Å². The van der Waals surface area contributed by atoms with Crippen molar-refractivity contribution in [1.82, 2.24) is 14.1 Å². The first-order valence-corrected chi connectivity index (χ1v) is 16.5. The molecule has 0 fully saturated rings. The molecule has 0 spiro atoms. The Labute approximate surface area is 276 Å². The number of aromatic nitrogens is 3. The molecule has 222 valence electrons. The number of pyridine rings is 1.